The molecule has 2 aromatic carbocycles. The Hall–Kier alpha value is -2.68. The summed E-state index contributed by atoms with van der Waals surface area (Å²) < 4.78 is 0. The molecule has 0 heterocycles. The average Bonchev–Trinajstić information content (AvgIpc) is 2.46. The SMILES string of the molecule is O=C(O)/C=C/c1ccc(C(=O)c2ccccc2)cc1. The Morgan fingerprint density at radius 3 is 2.00 bits per heavy atom. The predicted molar refractivity (Wildman–Crippen MR) is 73.0 cm³/mol. The highest BCUT2D eigenvalue weighted by atomic mass is 16.4. The number of carbonyl (C=O) groups is 2. The number of rotatable bonds is 4. The maximum Gasteiger partial charge on any atom is 0.328 e. The van der Waals surface area contributed by atoms with E-state index in [4.69, 9.17) is 5.11 Å². The third-order valence-corrected chi connectivity index (χ3v) is 2.63. The van der Waals surface area contributed by atoms with Gasteiger partial charge < -0.3 is 5.11 Å². The van der Waals surface area contributed by atoms with Gasteiger partial charge in [0.25, 0.3) is 0 Å². The van der Waals surface area contributed by atoms with Crippen LogP contribution >= 0.6 is 0 Å². The molecule has 0 atom stereocenters. The van der Waals surface area contributed by atoms with E-state index in [0.29, 0.717) is 11.1 Å². The molecule has 0 amide bonds. The van der Waals surface area contributed by atoms with Gasteiger partial charge in [-0.05, 0) is 11.6 Å². The molecule has 0 saturated carbocycles. The van der Waals surface area contributed by atoms with Crippen molar-refractivity contribution in [3.05, 3.63) is 77.4 Å². The lowest BCUT2D eigenvalue weighted by molar-refractivity contribution is -0.131. The quantitative estimate of drug-likeness (QED) is 0.672. The molecule has 0 aliphatic rings. The van der Waals surface area contributed by atoms with Gasteiger partial charge in [0.1, 0.15) is 0 Å². The van der Waals surface area contributed by atoms with Crippen molar-refractivity contribution in [3.8, 4) is 0 Å². The van der Waals surface area contributed by atoms with Gasteiger partial charge in [0.15, 0.2) is 5.78 Å². The Balaban J connectivity index is 2.19. The monoisotopic (exact) mass is 252 g/mol. The zero-order valence-electron chi connectivity index (χ0n) is 10.1. The maximum atomic E-state index is 12.1. The van der Waals surface area contributed by atoms with E-state index in [2.05, 4.69) is 0 Å². The fraction of sp³-hybridized carbons (Fsp3) is 0. The number of carbonyl (C=O) groups excluding carboxylic acids is 1. The third kappa shape index (κ3) is 3.39. The van der Waals surface area contributed by atoms with E-state index in [-0.39, 0.29) is 5.78 Å². The van der Waals surface area contributed by atoms with Gasteiger partial charge in [-0.1, -0.05) is 54.6 Å². The van der Waals surface area contributed by atoms with Gasteiger partial charge in [0, 0.05) is 17.2 Å². The highest BCUT2D eigenvalue weighted by molar-refractivity contribution is 6.09. The van der Waals surface area contributed by atoms with Crippen LogP contribution in [0.25, 0.3) is 6.08 Å². The molecular formula is C16H12O3. The van der Waals surface area contributed by atoms with E-state index < -0.39 is 5.97 Å². The van der Waals surface area contributed by atoms with Crippen LogP contribution < -0.4 is 0 Å². The first-order chi connectivity index (χ1) is 9.16. The molecule has 3 nitrogen and oxygen atoms in total. The standard InChI is InChI=1S/C16H12O3/c17-15(18)11-8-12-6-9-14(10-7-12)16(19)13-4-2-1-3-5-13/h1-11H,(H,17,18)/b11-8+. The van der Waals surface area contributed by atoms with Crippen molar-refractivity contribution < 1.29 is 14.7 Å². The number of benzene rings is 2. The van der Waals surface area contributed by atoms with Crippen molar-refractivity contribution in [3.63, 3.8) is 0 Å². The van der Waals surface area contributed by atoms with Crippen molar-refractivity contribution in [2.45, 2.75) is 0 Å². The normalized spacial score (nSPS) is 10.5. The molecule has 19 heavy (non-hydrogen) atoms. The molecule has 0 saturated heterocycles. The van der Waals surface area contributed by atoms with Gasteiger partial charge in [-0.2, -0.15) is 0 Å². The largest absolute Gasteiger partial charge is 0.478 e. The summed E-state index contributed by atoms with van der Waals surface area (Å²) in [6.07, 6.45) is 2.55. The minimum Gasteiger partial charge on any atom is -0.478 e. The van der Waals surface area contributed by atoms with Crippen molar-refractivity contribution in [1.29, 1.82) is 0 Å². The molecule has 0 radical (unpaired) electrons. The van der Waals surface area contributed by atoms with E-state index in [0.717, 1.165) is 11.6 Å². The van der Waals surface area contributed by atoms with Crippen molar-refractivity contribution in [2.24, 2.45) is 0 Å². The van der Waals surface area contributed by atoms with E-state index in [9.17, 15) is 9.59 Å². The second-order valence-electron chi connectivity index (χ2n) is 3.99. The van der Waals surface area contributed by atoms with Crippen LogP contribution in [0.3, 0.4) is 0 Å². The van der Waals surface area contributed by atoms with E-state index in [1.54, 1.807) is 36.4 Å². The number of hydrogen-bond donors (Lipinski definition) is 1. The van der Waals surface area contributed by atoms with Crippen LogP contribution in [0.15, 0.2) is 60.7 Å². The van der Waals surface area contributed by atoms with Crippen LogP contribution in [-0.4, -0.2) is 16.9 Å². The lowest BCUT2D eigenvalue weighted by Gasteiger charge is -2.01. The summed E-state index contributed by atoms with van der Waals surface area (Å²) >= 11 is 0. The molecule has 2 aromatic rings. The zero-order valence-corrected chi connectivity index (χ0v) is 10.1. The summed E-state index contributed by atoms with van der Waals surface area (Å²) in [5, 5.41) is 8.53. The molecule has 0 aliphatic heterocycles. The average molecular weight is 252 g/mol. The summed E-state index contributed by atoms with van der Waals surface area (Å²) in [6, 6.07) is 15.8. The van der Waals surface area contributed by atoms with Crippen LogP contribution in [0.2, 0.25) is 0 Å². The Bertz CT molecular complexity index is 610. The summed E-state index contributed by atoms with van der Waals surface area (Å²) in [6.45, 7) is 0. The Morgan fingerprint density at radius 2 is 1.42 bits per heavy atom. The molecule has 0 spiro atoms. The van der Waals surface area contributed by atoms with Crippen LogP contribution in [0.5, 0.6) is 0 Å². The molecule has 2 rings (SSSR count). The van der Waals surface area contributed by atoms with E-state index >= 15 is 0 Å². The number of hydrogen-bond acceptors (Lipinski definition) is 2. The first-order valence-electron chi connectivity index (χ1n) is 5.77. The van der Waals surface area contributed by atoms with Crippen LogP contribution in [0.4, 0.5) is 0 Å². The number of ketones is 1. The van der Waals surface area contributed by atoms with Gasteiger partial charge in [-0.3, -0.25) is 4.79 Å². The van der Waals surface area contributed by atoms with E-state index in [1.807, 2.05) is 18.2 Å². The number of aliphatic carboxylic acids is 1. The van der Waals surface area contributed by atoms with E-state index in [1.165, 1.54) is 6.08 Å². The molecule has 0 aliphatic carbocycles. The molecule has 0 unspecified atom stereocenters. The maximum absolute atomic E-state index is 12.1. The molecule has 0 bridgehead atoms. The van der Waals surface area contributed by atoms with Gasteiger partial charge in [0.05, 0.1) is 0 Å². The van der Waals surface area contributed by atoms with Crippen molar-refractivity contribution in [2.75, 3.05) is 0 Å². The van der Waals surface area contributed by atoms with Crippen molar-refractivity contribution in [1.82, 2.24) is 0 Å². The minimum atomic E-state index is -0.996. The first kappa shape index (κ1) is 12.8. The van der Waals surface area contributed by atoms with Gasteiger partial charge >= 0.3 is 5.97 Å². The van der Waals surface area contributed by atoms with Gasteiger partial charge in [-0.15, -0.1) is 0 Å². The smallest absolute Gasteiger partial charge is 0.328 e. The van der Waals surface area contributed by atoms with Crippen LogP contribution in [0.1, 0.15) is 21.5 Å². The zero-order chi connectivity index (χ0) is 13.7. The summed E-state index contributed by atoms with van der Waals surface area (Å²) in [7, 11) is 0. The second kappa shape index (κ2) is 5.78. The lowest BCUT2D eigenvalue weighted by atomic mass is 10.0. The van der Waals surface area contributed by atoms with Gasteiger partial charge in [-0.25, -0.2) is 4.79 Å². The first-order valence-corrected chi connectivity index (χ1v) is 5.77. The third-order valence-electron chi connectivity index (χ3n) is 2.63. The fourth-order valence-corrected chi connectivity index (χ4v) is 1.67. The molecule has 0 aromatic heterocycles. The van der Waals surface area contributed by atoms with Crippen LogP contribution in [0, 0.1) is 0 Å². The minimum absolute atomic E-state index is 0.0469. The molecular weight excluding hydrogens is 240 g/mol. The van der Waals surface area contributed by atoms with Crippen molar-refractivity contribution >= 4 is 17.8 Å². The summed E-state index contributed by atoms with van der Waals surface area (Å²) in [4.78, 5) is 22.5. The fourth-order valence-electron chi connectivity index (χ4n) is 1.67. The molecule has 3 heteroatoms. The lowest BCUT2D eigenvalue weighted by Crippen LogP contribution is -2.00. The Morgan fingerprint density at radius 1 is 0.842 bits per heavy atom. The molecule has 0 fully saturated rings. The summed E-state index contributed by atoms with van der Waals surface area (Å²) in [5.41, 5.74) is 1.96. The highest BCUT2D eigenvalue weighted by Gasteiger charge is 2.07. The predicted octanol–water partition coefficient (Wildman–Crippen LogP) is 3.02. The Kier molecular flexibility index (Phi) is 3.88. The second-order valence-corrected chi connectivity index (χ2v) is 3.99. The molecule has 1 N–H and O–H groups in total. The number of carboxylic acid groups (broad SMARTS) is 1. The highest BCUT2D eigenvalue weighted by Crippen LogP contribution is 2.11. The van der Waals surface area contributed by atoms with Crippen LogP contribution in [-0.2, 0) is 4.79 Å². The molecule has 94 valence electrons. The van der Waals surface area contributed by atoms with Gasteiger partial charge in [0.2, 0.25) is 0 Å². The topological polar surface area (TPSA) is 54.4 Å². The number of carboxylic acids is 1. The Labute approximate surface area is 110 Å². The summed E-state index contributed by atoms with van der Waals surface area (Å²) in [5.74, 6) is -1.04.